The summed E-state index contributed by atoms with van der Waals surface area (Å²) >= 11 is 0. The van der Waals surface area contributed by atoms with E-state index in [0.29, 0.717) is 13.1 Å². The van der Waals surface area contributed by atoms with Crippen molar-refractivity contribution in [2.24, 2.45) is 10.9 Å². The van der Waals surface area contributed by atoms with Crippen LogP contribution in [-0.2, 0) is 11.3 Å². The third kappa shape index (κ3) is 8.21. The van der Waals surface area contributed by atoms with Crippen LogP contribution in [0.25, 0.3) is 0 Å². The Morgan fingerprint density at radius 2 is 2.00 bits per heavy atom. The fourth-order valence-corrected chi connectivity index (χ4v) is 2.82. The van der Waals surface area contributed by atoms with Crippen molar-refractivity contribution >= 4 is 35.8 Å². The van der Waals surface area contributed by atoms with Crippen LogP contribution in [-0.4, -0.2) is 49.8 Å². The molecule has 0 spiro atoms. The van der Waals surface area contributed by atoms with Crippen LogP contribution in [0.1, 0.15) is 46.1 Å². The van der Waals surface area contributed by atoms with Crippen molar-refractivity contribution in [3.63, 3.8) is 0 Å². The number of hydrogen-bond donors (Lipinski definition) is 2. The van der Waals surface area contributed by atoms with Gasteiger partial charge in [-0.2, -0.15) is 0 Å². The van der Waals surface area contributed by atoms with Gasteiger partial charge in [-0.25, -0.2) is 9.98 Å². The van der Waals surface area contributed by atoms with Crippen molar-refractivity contribution in [1.29, 1.82) is 0 Å². The number of pyridine rings is 1. The molecule has 2 N–H and O–H groups in total. The molecule has 1 fully saturated rings. The summed E-state index contributed by atoms with van der Waals surface area (Å²) in [6.45, 7) is 12.8. The normalized spacial score (nSPS) is 16.0. The molecule has 1 aromatic rings. The summed E-state index contributed by atoms with van der Waals surface area (Å²) in [5.74, 6) is 2.71. The highest BCUT2D eigenvalue weighted by Gasteiger charge is 2.17. The molecule has 0 amide bonds. The van der Waals surface area contributed by atoms with Crippen LogP contribution in [0.15, 0.2) is 23.3 Å². The lowest BCUT2D eigenvalue weighted by Gasteiger charge is -2.31. The first-order valence-electron chi connectivity index (χ1n) is 9.70. The number of rotatable bonds is 7. The van der Waals surface area contributed by atoms with E-state index in [1.54, 1.807) is 7.11 Å². The van der Waals surface area contributed by atoms with Crippen LogP contribution in [0.3, 0.4) is 0 Å². The molecule has 1 aromatic heterocycles. The third-order valence-electron chi connectivity index (χ3n) is 4.91. The first-order valence-corrected chi connectivity index (χ1v) is 9.70. The quantitative estimate of drug-likeness (QED) is 0.349. The SMILES string of the molecule is CCNC(=NCc1ccc(N2CCC(C)CC2)nc1)NCC(C)(C)OC.I. The van der Waals surface area contributed by atoms with Crippen molar-refractivity contribution in [1.82, 2.24) is 15.6 Å². The Morgan fingerprint density at radius 3 is 2.56 bits per heavy atom. The van der Waals surface area contributed by atoms with E-state index in [-0.39, 0.29) is 29.6 Å². The minimum atomic E-state index is -0.231. The predicted octanol–water partition coefficient (Wildman–Crippen LogP) is 3.42. The van der Waals surface area contributed by atoms with Gasteiger partial charge in [-0.1, -0.05) is 13.0 Å². The summed E-state index contributed by atoms with van der Waals surface area (Å²) < 4.78 is 5.45. The lowest BCUT2D eigenvalue weighted by atomic mass is 9.99. The fourth-order valence-electron chi connectivity index (χ4n) is 2.82. The first kappa shape index (κ1) is 23.9. The molecule has 0 bridgehead atoms. The molecule has 0 saturated carbocycles. The van der Waals surface area contributed by atoms with E-state index in [0.717, 1.165) is 42.9 Å². The van der Waals surface area contributed by atoms with Crippen molar-refractivity contribution < 1.29 is 4.74 Å². The Bertz CT molecular complexity index is 568. The minimum Gasteiger partial charge on any atom is -0.377 e. The molecule has 6 nitrogen and oxygen atoms in total. The second-order valence-corrected chi connectivity index (χ2v) is 7.71. The van der Waals surface area contributed by atoms with Crippen LogP contribution in [0.2, 0.25) is 0 Å². The summed E-state index contributed by atoms with van der Waals surface area (Å²) in [7, 11) is 1.72. The number of aliphatic imine (C=N–C) groups is 1. The topological polar surface area (TPSA) is 61.8 Å². The van der Waals surface area contributed by atoms with E-state index >= 15 is 0 Å². The molecule has 7 heteroatoms. The standard InChI is InChI=1S/C20H35N5O.HI/c1-6-21-19(24-15-20(3,4)26-5)23-14-17-7-8-18(22-13-17)25-11-9-16(2)10-12-25;/h7-8,13,16H,6,9-12,14-15H2,1-5H3,(H2,21,23,24);1H. The van der Waals surface area contributed by atoms with E-state index in [1.807, 2.05) is 20.0 Å². The van der Waals surface area contributed by atoms with Crippen LogP contribution >= 0.6 is 24.0 Å². The smallest absolute Gasteiger partial charge is 0.191 e. The zero-order valence-electron chi connectivity index (χ0n) is 17.4. The van der Waals surface area contributed by atoms with Gasteiger partial charge in [-0.3, -0.25) is 0 Å². The molecule has 1 aliphatic heterocycles. The number of aromatic nitrogens is 1. The molecule has 27 heavy (non-hydrogen) atoms. The Morgan fingerprint density at radius 1 is 1.30 bits per heavy atom. The number of anilines is 1. The number of hydrogen-bond acceptors (Lipinski definition) is 4. The summed E-state index contributed by atoms with van der Waals surface area (Å²) in [4.78, 5) is 11.7. The van der Waals surface area contributed by atoms with E-state index in [1.165, 1.54) is 12.8 Å². The van der Waals surface area contributed by atoms with Crippen molar-refractivity contribution in [2.75, 3.05) is 38.2 Å². The van der Waals surface area contributed by atoms with Crippen LogP contribution in [0.5, 0.6) is 0 Å². The molecule has 0 aromatic carbocycles. The maximum Gasteiger partial charge on any atom is 0.191 e. The van der Waals surface area contributed by atoms with Crippen LogP contribution < -0.4 is 15.5 Å². The lowest BCUT2D eigenvalue weighted by molar-refractivity contribution is 0.0268. The van der Waals surface area contributed by atoms with Gasteiger partial charge in [-0.05, 0) is 51.2 Å². The number of piperidine rings is 1. The van der Waals surface area contributed by atoms with E-state index in [9.17, 15) is 0 Å². The molecule has 0 radical (unpaired) electrons. The van der Waals surface area contributed by atoms with Gasteiger partial charge in [0.15, 0.2) is 5.96 Å². The lowest BCUT2D eigenvalue weighted by Crippen LogP contribution is -2.45. The number of nitrogens with one attached hydrogen (secondary N) is 2. The van der Waals surface area contributed by atoms with Crippen LogP contribution in [0.4, 0.5) is 5.82 Å². The monoisotopic (exact) mass is 489 g/mol. The summed E-state index contributed by atoms with van der Waals surface area (Å²) in [6.07, 6.45) is 4.45. The first-order chi connectivity index (χ1) is 12.4. The average Bonchev–Trinajstić information content (AvgIpc) is 2.65. The van der Waals surface area contributed by atoms with E-state index in [4.69, 9.17) is 4.74 Å². The second-order valence-electron chi connectivity index (χ2n) is 7.71. The van der Waals surface area contributed by atoms with Gasteiger partial charge in [0, 0.05) is 39.5 Å². The zero-order valence-corrected chi connectivity index (χ0v) is 19.7. The molecule has 0 atom stereocenters. The number of halogens is 1. The molecular weight excluding hydrogens is 453 g/mol. The highest BCUT2D eigenvalue weighted by atomic mass is 127. The average molecular weight is 489 g/mol. The highest BCUT2D eigenvalue weighted by molar-refractivity contribution is 14.0. The van der Waals surface area contributed by atoms with Gasteiger partial charge < -0.3 is 20.3 Å². The molecular formula is C20H36IN5O. The van der Waals surface area contributed by atoms with Crippen molar-refractivity contribution in [3.8, 4) is 0 Å². The Kier molecular flexibility index (Phi) is 10.4. The summed E-state index contributed by atoms with van der Waals surface area (Å²) in [5.41, 5.74) is 0.882. The van der Waals surface area contributed by atoms with Crippen molar-refractivity contribution in [3.05, 3.63) is 23.9 Å². The number of guanidine groups is 1. The van der Waals surface area contributed by atoms with E-state index < -0.39 is 0 Å². The highest BCUT2D eigenvalue weighted by Crippen LogP contribution is 2.21. The van der Waals surface area contributed by atoms with Gasteiger partial charge >= 0.3 is 0 Å². The third-order valence-corrected chi connectivity index (χ3v) is 4.91. The molecule has 0 aliphatic carbocycles. The van der Waals surface area contributed by atoms with Gasteiger partial charge in [0.2, 0.25) is 0 Å². The Hall–Kier alpha value is -1.09. The molecule has 2 rings (SSSR count). The van der Waals surface area contributed by atoms with Gasteiger partial charge in [0.1, 0.15) is 5.82 Å². The number of ether oxygens (including phenoxy) is 1. The summed E-state index contributed by atoms with van der Waals surface area (Å²) in [6, 6.07) is 4.25. The summed E-state index contributed by atoms with van der Waals surface area (Å²) in [5, 5.41) is 6.61. The largest absolute Gasteiger partial charge is 0.377 e. The molecule has 2 heterocycles. The minimum absolute atomic E-state index is 0. The Labute approximate surface area is 181 Å². The van der Waals surface area contributed by atoms with Gasteiger partial charge in [0.25, 0.3) is 0 Å². The molecule has 154 valence electrons. The Balaban J connectivity index is 0.00000364. The second kappa shape index (κ2) is 11.7. The maximum absolute atomic E-state index is 5.45. The van der Waals surface area contributed by atoms with Gasteiger partial charge in [-0.15, -0.1) is 24.0 Å². The fraction of sp³-hybridized carbons (Fsp3) is 0.700. The molecule has 1 saturated heterocycles. The number of methoxy groups -OCH3 is 1. The molecule has 0 unspecified atom stereocenters. The van der Waals surface area contributed by atoms with Crippen molar-refractivity contribution in [2.45, 2.75) is 52.7 Å². The van der Waals surface area contributed by atoms with Gasteiger partial charge in [0.05, 0.1) is 12.1 Å². The predicted molar refractivity (Wildman–Crippen MR) is 124 cm³/mol. The zero-order chi connectivity index (χ0) is 19.0. The van der Waals surface area contributed by atoms with Crippen LogP contribution in [0, 0.1) is 5.92 Å². The molecule has 1 aliphatic rings. The van der Waals surface area contributed by atoms with E-state index in [2.05, 4.69) is 51.5 Å². The maximum atomic E-state index is 5.45. The number of nitrogens with zero attached hydrogens (tertiary/aromatic N) is 3.